The van der Waals surface area contributed by atoms with E-state index in [0.717, 1.165) is 12.1 Å². The highest BCUT2D eigenvalue weighted by molar-refractivity contribution is 5.36. The Balaban J connectivity index is 2.94. The van der Waals surface area contributed by atoms with Gasteiger partial charge in [-0.1, -0.05) is 0 Å². The van der Waals surface area contributed by atoms with E-state index in [9.17, 15) is 19.0 Å². The van der Waals surface area contributed by atoms with Crippen LogP contribution >= 0.6 is 0 Å². The third-order valence-electron chi connectivity index (χ3n) is 2.57. The summed E-state index contributed by atoms with van der Waals surface area (Å²) in [5.74, 6) is -2.10. The zero-order valence-corrected chi connectivity index (χ0v) is 9.82. The second kappa shape index (κ2) is 6.40. The highest BCUT2D eigenvalue weighted by Crippen LogP contribution is 2.23. The zero-order valence-electron chi connectivity index (χ0n) is 9.82. The minimum Gasteiger partial charge on any atom is -0.390 e. The average Bonchev–Trinajstić information content (AvgIpc) is 2.34. The number of nitrogens with one attached hydrogen (secondary N) is 1. The number of nitrogens with zero attached hydrogens (tertiary/aromatic N) is 1. The maximum absolute atomic E-state index is 13.3. The maximum atomic E-state index is 13.3. The van der Waals surface area contributed by atoms with Crippen molar-refractivity contribution in [3.63, 3.8) is 0 Å². The average molecular weight is 256 g/mol. The minimum atomic E-state index is -1.39. The molecule has 0 heterocycles. The first-order chi connectivity index (χ1) is 8.51. The van der Waals surface area contributed by atoms with E-state index < -0.39 is 29.4 Å². The van der Waals surface area contributed by atoms with Gasteiger partial charge < -0.3 is 15.5 Å². The Morgan fingerprint density at radius 1 is 1.33 bits per heavy atom. The molecule has 2 unspecified atom stereocenters. The topological polar surface area (TPSA) is 76.3 Å². The fraction of sp³-hybridized carbons (Fsp3) is 0.417. The molecule has 0 amide bonds. The lowest BCUT2D eigenvalue weighted by Crippen LogP contribution is -2.23. The summed E-state index contributed by atoms with van der Waals surface area (Å²) < 4.78 is 26.6. The van der Waals surface area contributed by atoms with E-state index in [2.05, 4.69) is 5.32 Å². The number of rotatable bonds is 5. The van der Waals surface area contributed by atoms with Crippen molar-refractivity contribution in [2.75, 3.05) is 13.6 Å². The van der Waals surface area contributed by atoms with Gasteiger partial charge in [0.25, 0.3) is 0 Å². The van der Waals surface area contributed by atoms with Gasteiger partial charge in [-0.15, -0.1) is 0 Å². The molecule has 0 aromatic heterocycles. The quantitative estimate of drug-likeness (QED) is 0.729. The molecular weight excluding hydrogens is 242 g/mol. The van der Waals surface area contributed by atoms with Crippen LogP contribution in [0, 0.1) is 23.0 Å². The summed E-state index contributed by atoms with van der Waals surface area (Å²) in [6.07, 6.45) is -2.29. The largest absolute Gasteiger partial charge is 0.390 e. The molecule has 98 valence electrons. The van der Waals surface area contributed by atoms with Gasteiger partial charge in [0, 0.05) is 0 Å². The second-order valence-corrected chi connectivity index (χ2v) is 3.88. The molecule has 18 heavy (non-hydrogen) atoms. The summed E-state index contributed by atoms with van der Waals surface area (Å²) in [6.45, 7) is 0.458. The Labute approximate surface area is 103 Å². The van der Waals surface area contributed by atoms with Crippen LogP contribution in [0.25, 0.3) is 0 Å². The summed E-state index contributed by atoms with van der Waals surface area (Å²) in [7, 11) is 1.68. The van der Waals surface area contributed by atoms with Gasteiger partial charge in [-0.3, -0.25) is 0 Å². The molecule has 0 fully saturated rings. The zero-order chi connectivity index (χ0) is 13.7. The molecule has 0 spiro atoms. The molecule has 1 rings (SSSR count). The van der Waals surface area contributed by atoms with Gasteiger partial charge in [0.2, 0.25) is 0 Å². The van der Waals surface area contributed by atoms with Gasteiger partial charge in [-0.2, -0.15) is 5.26 Å². The first kappa shape index (κ1) is 14.5. The lowest BCUT2D eigenvalue weighted by molar-refractivity contribution is 0.0137. The monoisotopic (exact) mass is 256 g/mol. The van der Waals surface area contributed by atoms with Crippen molar-refractivity contribution >= 4 is 0 Å². The molecular formula is C12H14F2N2O2. The first-order valence-corrected chi connectivity index (χ1v) is 5.41. The number of aliphatic hydroxyl groups is 2. The van der Waals surface area contributed by atoms with E-state index in [1.165, 1.54) is 6.07 Å². The molecule has 3 N–H and O–H groups in total. The summed E-state index contributed by atoms with van der Waals surface area (Å²) in [4.78, 5) is 0. The summed E-state index contributed by atoms with van der Waals surface area (Å²) in [6, 6.07) is 3.10. The lowest BCUT2D eigenvalue weighted by atomic mass is 10.00. The van der Waals surface area contributed by atoms with Crippen molar-refractivity contribution in [1.82, 2.24) is 5.32 Å². The van der Waals surface area contributed by atoms with E-state index in [0.29, 0.717) is 6.54 Å². The smallest absolute Gasteiger partial charge is 0.144 e. The van der Waals surface area contributed by atoms with Crippen LogP contribution in [0.1, 0.15) is 23.7 Å². The molecule has 0 bridgehead atoms. The van der Waals surface area contributed by atoms with Crippen molar-refractivity contribution in [3.8, 4) is 6.07 Å². The number of hydrogen-bond donors (Lipinski definition) is 3. The Kier molecular flexibility index (Phi) is 5.16. The molecule has 0 saturated heterocycles. The highest BCUT2D eigenvalue weighted by Gasteiger charge is 2.21. The Morgan fingerprint density at radius 3 is 2.33 bits per heavy atom. The lowest BCUT2D eigenvalue weighted by Gasteiger charge is -2.18. The summed E-state index contributed by atoms with van der Waals surface area (Å²) in [5, 5.41) is 30.6. The SMILES string of the molecule is CNCCC(O)C(O)c1cc(F)c(C#N)c(F)c1. The fourth-order valence-corrected chi connectivity index (χ4v) is 1.54. The number of halogens is 2. The van der Waals surface area contributed by atoms with Crippen molar-refractivity contribution in [2.45, 2.75) is 18.6 Å². The third kappa shape index (κ3) is 3.23. The standard InChI is InChI=1S/C12H14F2N2O2/c1-16-3-2-11(17)12(18)7-4-9(13)8(6-15)10(14)5-7/h4-5,11-12,16-18H,2-3H2,1H3. The number of nitriles is 1. The van der Waals surface area contributed by atoms with Crippen LogP contribution in [-0.4, -0.2) is 29.9 Å². The number of hydrogen-bond acceptors (Lipinski definition) is 4. The first-order valence-electron chi connectivity index (χ1n) is 5.41. The van der Waals surface area contributed by atoms with Crippen molar-refractivity contribution in [2.24, 2.45) is 0 Å². The fourth-order valence-electron chi connectivity index (χ4n) is 1.54. The van der Waals surface area contributed by atoms with Crippen LogP contribution in [0.2, 0.25) is 0 Å². The molecule has 0 aliphatic carbocycles. The Bertz CT molecular complexity index is 437. The predicted molar refractivity (Wildman–Crippen MR) is 60.6 cm³/mol. The van der Waals surface area contributed by atoms with E-state index in [1.807, 2.05) is 0 Å². The summed E-state index contributed by atoms with van der Waals surface area (Å²) >= 11 is 0. The van der Waals surface area contributed by atoms with Gasteiger partial charge in [0.05, 0.1) is 6.10 Å². The van der Waals surface area contributed by atoms with Crippen LogP contribution < -0.4 is 5.32 Å². The third-order valence-corrected chi connectivity index (χ3v) is 2.57. The summed E-state index contributed by atoms with van der Waals surface area (Å²) in [5.41, 5.74) is -0.789. The van der Waals surface area contributed by atoms with Gasteiger partial charge >= 0.3 is 0 Å². The molecule has 4 nitrogen and oxygen atoms in total. The maximum Gasteiger partial charge on any atom is 0.144 e. The normalized spacial score (nSPS) is 14.0. The predicted octanol–water partition coefficient (Wildman–Crippen LogP) is 0.840. The van der Waals surface area contributed by atoms with Crippen LogP contribution in [0.4, 0.5) is 8.78 Å². The molecule has 0 aliphatic rings. The molecule has 6 heteroatoms. The van der Waals surface area contributed by atoms with E-state index in [-0.39, 0.29) is 12.0 Å². The van der Waals surface area contributed by atoms with Crippen molar-refractivity contribution in [3.05, 3.63) is 34.9 Å². The Hall–Kier alpha value is -1.55. The van der Waals surface area contributed by atoms with Gasteiger partial charge in [-0.25, -0.2) is 8.78 Å². The molecule has 0 radical (unpaired) electrons. The van der Waals surface area contributed by atoms with Crippen LogP contribution in [-0.2, 0) is 0 Å². The molecule has 1 aromatic rings. The van der Waals surface area contributed by atoms with Crippen molar-refractivity contribution in [1.29, 1.82) is 5.26 Å². The van der Waals surface area contributed by atoms with E-state index in [4.69, 9.17) is 5.26 Å². The van der Waals surface area contributed by atoms with E-state index in [1.54, 1.807) is 7.05 Å². The molecule has 1 aromatic carbocycles. The van der Waals surface area contributed by atoms with Crippen LogP contribution in [0.15, 0.2) is 12.1 Å². The number of benzene rings is 1. The van der Waals surface area contributed by atoms with Gasteiger partial charge in [0.15, 0.2) is 0 Å². The number of aliphatic hydroxyl groups excluding tert-OH is 2. The van der Waals surface area contributed by atoms with Gasteiger partial charge in [0.1, 0.15) is 29.4 Å². The minimum absolute atomic E-state index is 0.0902. The van der Waals surface area contributed by atoms with Crippen LogP contribution in [0.5, 0.6) is 0 Å². The van der Waals surface area contributed by atoms with Crippen molar-refractivity contribution < 1.29 is 19.0 Å². The highest BCUT2D eigenvalue weighted by atomic mass is 19.1. The second-order valence-electron chi connectivity index (χ2n) is 3.88. The molecule has 2 atom stereocenters. The molecule has 0 saturated carbocycles. The van der Waals surface area contributed by atoms with E-state index >= 15 is 0 Å². The van der Waals surface area contributed by atoms with Gasteiger partial charge in [-0.05, 0) is 37.7 Å². The Morgan fingerprint density at radius 2 is 1.89 bits per heavy atom. The molecule has 0 aliphatic heterocycles. The van der Waals surface area contributed by atoms with Crippen LogP contribution in [0.3, 0.4) is 0 Å².